The minimum absolute atomic E-state index is 0.0216. The third-order valence-electron chi connectivity index (χ3n) is 2.30. The summed E-state index contributed by atoms with van der Waals surface area (Å²) in [7, 11) is 0. The summed E-state index contributed by atoms with van der Waals surface area (Å²) in [5.41, 5.74) is 5.08. The van der Waals surface area contributed by atoms with Crippen molar-refractivity contribution < 1.29 is 18.4 Å². The molecule has 1 aromatic carbocycles. The molecule has 1 heterocycles. The number of halogens is 1. The van der Waals surface area contributed by atoms with E-state index in [1.54, 1.807) is 12.1 Å². The molecule has 0 aliphatic rings. The highest BCUT2D eigenvalue weighted by Crippen LogP contribution is 2.24. The minimum Gasteiger partial charge on any atom is -0.411 e. The van der Waals surface area contributed by atoms with E-state index in [2.05, 4.69) is 15.5 Å². The smallest absolute Gasteiger partial charge is 0.277 e. The van der Waals surface area contributed by atoms with Crippen molar-refractivity contribution in [2.45, 2.75) is 5.22 Å². The zero-order valence-corrected chi connectivity index (χ0v) is 11.5. The predicted octanol–water partition coefficient (Wildman–Crippen LogP) is 0.569. The van der Waals surface area contributed by atoms with Crippen molar-refractivity contribution >= 4 is 23.6 Å². The van der Waals surface area contributed by atoms with Crippen molar-refractivity contribution in [3.63, 3.8) is 0 Å². The van der Waals surface area contributed by atoms with Crippen molar-refractivity contribution in [3.05, 3.63) is 30.1 Å². The number of thioether (sulfide) groups is 1. The van der Waals surface area contributed by atoms with Gasteiger partial charge in [-0.05, 0) is 12.1 Å². The molecule has 3 N–H and O–H groups in total. The Hall–Kier alpha value is -2.42. The molecule has 1 aromatic heterocycles. The van der Waals surface area contributed by atoms with E-state index < -0.39 is 17.6 Å². The zero-order chi connectivity index (χ0) is 15.2. The number of nitrogens with zero attached hydrogens (tertiary/aromatic N) is 2. The van der Waals surface area contributed by atoms with Gasteiger partial charge in [0.1, 0.15) is 5.82 Å². The van der Waals surface area contributed by atoms with E-state index in [-0.39, 0.29) is 29.0 Å². The summed E-state index contributed by atoms with van der Waals surface area (Å²) in [6.45, 7) is -0.232. The van der Waals surface area contributed by atoms with Crippen LogP contribution in [0.5, 0.6) is 0 Å². The molecule has 2 aromatic rings. The molecule has 0 aliphatic carbocycles. The Kier molecular flexibility index (Phi) is 4.88. The fraction of sp³-hybridized carbons (Fsp3) is 0.167. The molecule has 0 aliphatic heterocycles. The minimum atomic E-state index is -0.632. The topological polar surface area (TPSA) is 111 Å². The quantitative estimate of drug-likeness (QED) is 0.755. The SMILES string of the molecule is NC(=O)CNC(=O)CSc1nnc(-c2ccccc2F)o1. The molecule has 0 atom stereocenters. The van der Waals surface area contributed by atoms with Crippen LogP contribution in [0.15, 0.2) is 33.9 Å². The van der Waals surface area contributed by atoms with Gasteiger partial charge < -0.3 is 15.5 Å². The number of amides is 2. The highest BCUT2D eigenvalue weighted by Gasteiger charge is 2.13. The van der Waals surface area contributed by atoms with Crippen LogP contribution in [0, 0.1) is 5.82 Å². The van der Waals surface area contributed by atoms with Crippen LogP contribution < -0.4 is 11.1 Å². The molecule has 0 fully saturated rings. The molecule has 2 rings (SSSR count). The van der Waals surface area contributed by atoms with Crippen LogP contribution in [0.4, 0.5) is 4.39 Å². The summed E-state index contributed by atoms with van der Waals surface area (Å²) in [5, 5.41) is 9.87. The fourth-order valence-electron chi connectivity index (χ4n) is 1.38. The number of nitrogens with two attached hydrogens (primary N) is 1. The van der Waals surface area contributed by atoms with Crippen LogP contribution in [0.1, 0.15) is 0 Å². The van der Waals surface area contributed by atoms with Crippen LogP contribution in [-0.4, -0.2) is 34.3 Å². The van der Waals surface area contributed by atoms with Crippen molar-refractivity contribution in [3.8, 4) is 11.5 Å². The summed E-state index contributed by atoms with van der Waals surface area (Å²) in [5.74, 6) is -1.49. The Labute approximate surface area is 123 Å². The lowest BCUT2D eigenvalue weighted by Crippen LogP contribution is -2.34. The van der Waals surface area contributed by atoms with E-state index in [1.165, 1.54) is 12.1 Å². The molecule has 0 spiro atoms. The van der Waals surface area contributed by atoms with Crippen LogP contribution in [0.25, 0.3) is 11.5 Å². The number of hydrogen-bond donors (Lipinski definition) is 2. The van der Waals surface area contributed by atoms with E-state index >= 15 is 0 Å². The molecular formula is C12H11FN4O3S. The van der Waals surface area contributed by atoms with Crippen molar-refractivity contribution in [2.75, 3.05) is 12.3 Å². The maximum absolute atomic E-state index is 13.5. The standard InChI is InChI=1S/C12H11FN4O3S/c13-8-4-2-1-3-7(8)11-16-17-12(20-11)21-6-10(19)15-5-9(14)18/h1-4H,5-6H2,(H2,14,18)(H,15,19). The van der Waals surface area contributed by atoms with E-state index in [0.29, 0.717) is 0 Å². The van der Waals surface area contributed by atoms with Crippen molar-refractivity contribution in [2.24, 2.45) is 5.73 Å². The summed E-state index contributed by atoms with van der Waals surface area (Å²) < 4.78 is 18.8. The molecule has 0 saturated carbocycles. The summed E-state index contributed by atoms with van der Waals surface area (Å²) >= 11 is 0.975. The number of carbonyl (C=O) groups excluding carboxylic acids is 2. The first kappa shape index (κ1) is 15.0. The van der Waals surface area contributed by atoms with Crippen molar-refractivity contribution in [1.82, 2.24) is 15.5 Å². The van der Waals surface area contributed by atoms with Gasteiger partial charge in [-0.15, -0.1) is 10.2 Å². The lowest BCUT2D eigenvalue weighted by atomic mass is 10.2. The van der Waals surface area contributed by atoms with Gasteiger partial charge in [0.05, 0.1) is 17.9 Å². The Bertz CT molecular complexity index is 661. The number of hydrogen-bond acceptors (Lipinski definition) is 6. The highest BCUT2D eigenvalue weighted by molar-refractivity contribution is 7.99. The van der Waals surface area contributed by atoms with E-state index in [4.69, 9.17) is 10.2 Å². The number of aromatic nitrogens is 2. The molecule has 7 nitrogen and oxygen atoms in total. The Morgan fingerprint density at radius 3 is 2.81 bits per heavy atom. The van der Waals surface area contributed by atoms with Gasteiger partial charge in [0.25, 0.3) is 11.1 Å². The Morgan fingerprint density at radius 1 is 1.33 bits per heavy atom. The van der Waals surface area contributed by atoms with Crippen LogP contribution in [0.3, 0.4) is 0 Å². The molecule has 0 bridgehead atoms. The van der Waals surface area contributed by atoms with Gasteiger partial charge in [-0.2, -0.15) is 0 Å². The van der Waals surface area contributed by atoms with Crippen LogP contribution in [0.2, 0.25) is 0 Å². The largest absolute Gasteiger partial charge is 0.411 e. The molecule has 21 heavy (non-hydrogen) atoms. The van der Waals surface area contributed by atoms with Gasteiger partial charge >= 0.3 is 0 Å². The number of nitrogens with one attached hydrogen (secondary N) is 1. The Morgan fingerprint density at radius 2 is 2.10 bits per heavy atom. The Balaban J connectivity index is 1.93. The van der Waals surface area contributed by atoms with Gasteiger partial charge in [0, 0.05) is 0 Å². The van der Waals surface area contributed by atoms with Crippen molar-refractivity contribution in [1.29, 1.82) is 0 Å². The lowest BCUT2D eigenvalue weighted by Gasteiger charge is -1.99. The number of primary amides is 1. The second-order valence-corrected chi connectivity index (χ2v) is 4.81. The number of rotatable bonds is 6. The highest BCUT2D eigenvalue weighted by atomic mass is 32.2. The number of carbonyl (C=O) groups is 2. The van der Waals surface area contributed by atoms with Gasteiger partial charge in [0.15, 0.2) is 0 Å². The van der Waals surface area contributed by atoms with Crippen LogP contribution in [-0.2, 0) is 9.59 Å². The van der Waals surface area contributed by atoms with Gasteiger partial charge in [-0.25, -0.2) is 4.39 Å². The van der Waals surface area contributed by atoms with Gasteiger partial charge in [-0.3, -0.25) is 9.59 Å². The second kappa shape index (κ2) is 6.84. The normalized spacial score (nSPS) is 10.3. The van der Waals surface area contributed by atoms with Crippen LogP contribution >= 0.6 is 11.8 Å². The predicted molar refractivity (Wildman–Crippen MR) is 72.6 cm³/mol. The third-order valence-corrected chi connectivity index (χ3v) is 3.12. The van der Waals surface area contributed by atoms with E-state index in [9.17, 15) is 14.0 Å². The molecule has 2 amide bonds. The number of benzene rings is 1. The molecule has 0 saturated heterocycles. The van der Waals surface area contributed by atoms with Gasteiger partial charge in [-0.1, -0.05) is 23.9 Å². The van der Waals surface area contributed by atoms with E-state index in [0.717, 1.165) is 11.8 Å². The summed E-state index contributed by atoms with van der Waals surface area (Å²) in [6.07, 6.45) is 0. The average molecular weight is 310 g/mol. The first-order chi connectivity index (χ1) is 10.1. The molecule has 0 unspecified atom stereocenters. The van der Waals surface area contributed by atoms with Gasteiger partial charge in [0.2, 0.25) is 11.8 Å². The van der Waals surface area contributed by atoms with E-state index in [1.807, 2.05) is 0 Å². The molecule has 0 radical (unpaired) electrons. The summed E-state index contributed by atoms with van der Waals surface area (Å²) in [6, 6.07) is 5.99. The first-order valence-corrected chi connectivity index (χ1v) is 6.81. The third kappa shape index (κ3) is 4.28. The first-order valence-electron chi connectivity index (χ1n) is 5.82. The monoisotopic (exact) mass is 310 g/mol. The zero-order valence-electron chi connectivity index (χ0n) is 10.7. The fourth-order valence-corrected chi connectivity index (χ4v) is 1.97. The maximum atomic E-state index is 13.5. The molecular weight excluding hydrogens is 299 g/mol. The molecule has 110 valence electrons. The lowest BCUT2D eigenvalue weighted by molar-refractivity contribution is -0.123. The maximum Gasteiger partial charge on any atom is 0.277 e. The average Bonchev–Trinajstić information content (AvgIpc) is 2.92. The summed E-state index contributed by atoms with van der Waals surface area (Å²) in [4.78, 5) is 21.9. The molecule has 9 heteroatoms. The second-order valence-electron chi connectivity index (χ2n) is 3.88.